The Morgan fingerprint density at radius 3 is 2.59 bits per heavy atom. The average molecular weight is 460 g/mol. The van der Waals surface area contributed by atoms with E-state index in [0.29, 0.717) is 5.92 Å². The predicted octanol–water partition coefficient (Wildman–Crippen LogP) is 7.91. The predicted molar refractivity (Wildman–Crippen MR) is 142 cm³/mol. The zero-order valence-corrected chi connectivity index (χ0v) is 21.3. The standard InChI is InChI=1S/C32H45NO/c1-2-7-24-13-15-26(16-14-24)21-29-23-28-10-3-4-12-31(28)32(29)34-30-11-5-8-27(22-30)20-25-9-6-18-33-19-17-25/h3-5,8,10-12,22,24-26,29,32-33H,2,6-7,9,13-21,23H2,1H3. The zero-order valence-electron chi connectivity index (χ0n) is 21.3. The maximum Gasteiger partial charge on any atom is 0.127 e. The van der Waals surface area contributed by atoms with Crippen LogP contribution < -0.4 is 10.1 Å². The molecule has 5 rings (SSSR count). The van der Waals surface area contributed by atoms with E-state index in [9.17, 15) is 0 Å². The highest BCUT2D eigenvalue weighted by molar-refractivity contribution is 5.37. The number of hydrogen-bond acceptors (Lipinski definition) is 2. The number of nitrogens with one attached hydrogen (secondary N) is 1. The van der Waals surface area contributed by atoms with Gasteiger partial charge in [0.1, 0.15) is 11.9 Å². The van der Waals surface area contributed by atoms with Crippen LogP contribution in [0.15, 0.2) is 48.5 Å². The first-order valence-electron chi connectivity index (χ1n) is 14.3. The monoisotopic (exact) mass is 459 g/mol. The molecule has 0 aromatic heterocycles. The second kappa shape index (κ2) is 11.8. The lowest BCUT2D eigenvalue weighted by Gasteiger charge is -2.32. The summed E-state index contributed by atoms with van der Waals surface area (Å²) in [5, 5.41) is 3.55. The van der Waals surface area contributed by atoms with Crippen LogP contribution in [0, 0.1) is 23.7 Å². The quantitative estimate of drug-likeness (QED) is 0.433. The van der Waals surface area contributed by atoms with E-state index in [2.05, 4.69) is 60.8 Å². The van der Waals surface area contributed by atoms with Crippen LogP contribution in [0.1, 0.15) is 93.9 Å². The second-order valence-corrected chi connectivity index (χ2v) is 11.5. The number of fused-ring (bicyclic) bond motifs is 1. The number of benzene rings is 2. The molecule has 2 fully saturated rings. The fraction of sp³-hybridized carbons (Fsp3) is 0.625. The van der Waals surface area contributed by atoms with E-state index < -0.39 is 0 Å². The first-order valence-corrected chi connectivity index (χ1v) is 14.3. The van der Waals surface area contributed by atoms with Gasteiger partial charge in [0.05, 0.1) is 0 Å². The summed E-state index contributed by atoms with van der Waals surface area (Å²) in [6, 6.07) is 18.1. The summed E-state index contributed by atoms with van der Waals surface area (Å²) in [6.45, 7) is 4.69. The zero-order chi connectivity index (χ0) is 23.2. The Labute approximate surface area is 207 Å². The summed E-state index contributed by atoms with van der Waals surface area (Å²) in [4.78, 5) is 0. The molecule has 0 radical (unpaired) electrons. The lowest BCUT2D eigenvalue weighted by atomic mass is 9.76. The van der Waals surface area contributed by atoms with Crippen LogP contribution in [-0.2, 0) is 12.8 Å². The third kappa shape index (κ3) is 6.06. The van der Waals surface area contributed by atoms with Crippen molar-refractivity contribution in [1.82, 2.24) is 5.32 Å². The van der Waals surface area contributed by atoms with E-state index in [0.717, 1.165) is 23.5 Å². The topological polar surface area (TPSA) is 21.3 Å². The minimum atomic E-state index is 0.210. The van der Waals surface area contributed by atoms with Crippen molar-refractivity contribution >= 4 is 0 Å². The summed E-state index contributed by atoms with van der Waals surface area (Å²) in [6.07, 6.45) is 16.4. The molecule has 3 unspecified atom stereocenters. The average Bonchev–Trinajstić information content (AvgIpc) is 3.01. The van der Waals surface area contributed by atoms with Gasteiger partial charge >= 0.3 is 0 Å². The molecule has 2 heteroatoms. The van der Waals surface area contributed by atoms with Gasteiger partial charge in [-0.1, -0.05) is 81.8 Å². The van der Waals surface area contributed by atoms with Gasteiger partial charge in [0.25, 0.3) is 0 Å². The third-order valence-corrected chi connectivity index (χ3v) is 8.95. The first-order chi connectivity index (χ1) is 16.8. The second-order valence-electron chi connectivity index (χ2n) is 11.5. The van der Waals surface area contributed by atoms with E-state index in [1.807, 2.05) is 0 Å². The first kappa shape index (κ1) is 23.9. The molecule has 34 heavy (non-hydrogen) atoms. The van der Waals surface area contributed by atoms with Crippen LogP contribution in [0.4, 0.5) is 0 Å². The van der Waals surface area contributed by atoms with E-state index in [1.54, 1.807) is 0 Å². The van der Waals surface area contributed by atoms with Crippen molar-refractivity contribution in [2.75, 3.05) is 13.1 Å². The van der Waals surface area contributed by atoms with Crippen LogP contribution >= 0.6 is 0 Å². The summed E-state index contributed by atoms with van der Waals surface area (Å²) in [7, 11) is 0. The molecule has 3 aliphatic rings. The van der Waals surface area contributed by atoms with Gasteiger partial charge in [0, 0.05) is 5.92 Å². The van der Waals surface area contributed by atoms with E-state index in [-0.39, 0.29) is 6.10 Å². The van der Waals surface area contributed by atoms with Gasteiger partial charge in [0.15, 0.2) is 0 Å². The molecule has 0 amide bonds. The SMILES string of the molecule is CCCC1CCC(CC2Cc3ccccc3C2Oc2cccc(CC3CCCNCC3)c2)CC1. The number of ether oxygens (including phenoxy) is 1. The molecule has 2 nitrogen and oxygen atoms in total. The molecule has 1 saturated carbocycles. The minimum Gasteiger partial charge on any atom is -0.485 e. The Balaban J connectivity index is 1.26. The van der Waals surface area contributed by atoms with Gasteiger partial charge in [-0.05, 0) is 98.2 Å². The fourth-order valence-corrected chi connectivity index (χ4v) is 7.12. The van der Waals surface area contributed by atoms with Crippen molar-refractivity contribution < 1.29 is 4.74 Å². The molecular formula is C32H45NO. The summed E-state index contributed by atoms with van der Waals surface area (Å²) in [5.74, 6) is 4.35. The highest BCUT2D eigenvalue weighted by Gasteiger charge is 2.36. The Kier molecular flexibility index (Phi) is 8.27. The molecule has 1 N–H and O–H groups in total. The maximum atomic E-state index is 6.86. The van der Waals surface area contributed by atoms with Gasteiger partial charge in [-0.2, -0.15) is 0 Å². The Morgan fingerprint density at radius 2 is 1.71 bits per heavy atom. The smallest absolute Gasteiger partial charge is 0.127 e. The lowest BCUT2D eigenvalue weighted by molar-refractivity contribution is 0.118. The van der Waals surface area contributed by atoms with Crippen LogP contribution in [-0.4, -0.2) is 13.1 Å². The molecule has 1 aliphatic heterocycles. The van der Waals surface area contributed by atoms with Crippen molar-refractivity contribution in [3.05, 3.63) is 65.2 Å². The van der Waals surface area contributed by atoms with Crippen LogP contribution in [0.5, 0.6) is 5.75 Å². The molecule has 2 aromatic rings. The fourth-order valence-electron chi connectivity index (χ4n) is 7.12. The van der Waals surface area contributed by atoms with E-state index in [4.69, 9.17) is 4.74 Å². The molecule has 2 aromatic carbocycles. The molecule has 2 aliphatic carbocycles. The highest BCUT2D eigenvalue weighted by atomic mass is 16.5. The van der Waals surface area contributed by atoms with Crippen LogP contribution in [0.3, 0.4) is 0 Å². The Bertz CT molecular complexity index is 891. The van der Waals surface area contributed by atoms with Crippen molar-refractivity contribution in [2.24, 2.45) is 23.7 Å². The van der Waals surface area contributed by atoms with Gasteiger partial charge < -0.3 is 10.1 Å². The molecular weight excluding hydrogens is 414 g/mol. The van der Waals surface area contributed by atoms with Gasteiger partial charge in [0.2, 0.25) is 0 Å². The minimum absolute atomic E-state index is 0.210. The highest BCUT2D eigenvalue weighted by Crippen LogP contribution is 2.45. The van der Waals surface area contributed by atoms with Crippen molar-refractivity contribution in [3.8, 4) is 5.75 Å². The number of rotatable bonds is 8. The molecule has 184 valence electrons. The van der Waals surface area contributed by atoms with Gasteiger partial charge in [-0.15, -0.1) is 0 Å². The van der Waals surface area contributed by atoms with Crippen LogP contribution in [0.2, 0.25) is 0 Å². The molecule has 1 saturated heterocycles. The van der Waals surface area contributed by atoms with Crippen LogP contribution in [0.25, 0.3) is 0 Å². The normalized spacial score (nSPS) is 29.4. The van der Waals surface area contributed by atoms with Crippen molar-refractivity contribution in [1.29, 1.82) is 0 Å². The largest absolute Gasteiger partial charge is 0.485 e. The van der Waals surface area contributed by atoms with E-state index >= 15 is 0 Å². The summed E-state index contributed by atoms with van der Waals surface area (Å²) < 4.78 is 6.86. The van der Waals surface area contributed by atoms with Gasteiger partial charge in [-0.3, -0.25) is 0 Å². The van der Waals surface area contributed by atoms with E-state index in [1.165, 1.54) is 107 Å². The van der Waals surface area contributed by atoms with Crippen molar-refractivity contribution in [2.45, 2.75) is 90.1 Å². The summed E-state index contributed by atoms with van der Waals surface area (Å²) >= 11 is 0. The molecule has 0 spiro atoms. The lowest BCUT2D eigenvalue weighted by Crippen LogP contribution is -2.21. The molecule has 1 heterocycles. The molecule has 3 atom stereocenters. The molecule has 0 bridgehead atoms. The number of hydrogen-bond donors (Lipinski definition) is 1. The third-order valence-electron chi connectivity index (χ3n) is 8.95. The maximum absolute atomic E-state index is 6.86. The Hall–Kier alpha value is -1.80. The van der Waals surface area contributed by atoms with Gasteiger partial charge in [-0.25, -0.2) is 0 Å². The summed E-state index contributed by atoms with van der Waals surface area (Å²) in [5.41, 5.74) is 4.40. The Morgan fingerprint density at radius 1 is 0.853 bits per heavy atom. The van der Waals surface area contributed by atoms with Crippen molar-refractivity contribution in [3.63, 3.8) is 0 Å².